The minimum atomic E-state index is -0.224. The lowest BCUT2D eigenvalue weighted by Crippen LogP contribution is -2.34. The fourth-order valence-electron chi connectivity index (χ4n) is 2.43. The molecule has 0 saturated heterocycles. The molecule has 5 nitrogen and oxygen atoms in total. The number of urea groups is 1. The van der Waals surface area contributed by atoms with Crippen molar-refractivity contribution in [3.63, 3.8) is 0 Å². The fraction of sp³-hybridized carbons (Fsp3) is 0.316. The van der Waals surface area contributed by atoms with Crippen LogP contribution in [0.15, 0.2) is 48.5 Å². The van der Waals surface area contributed by atoms with E-state index in [-0.39, 0.29) is 19.2 Å². The third-order valence-corrected chi connectivity index (χ3v) is 3.70. The first-order valence-corrected chi connectivity index (χ1v) is 8.14. The largest absolute Gasteiger partial charge is 0.491 e. The van der Waals surface area contributed by atoms with E-state index >= 15 is 0 Å². The molecule has 0 saturated carbocycles. The molecule has 3 N–H and O–H groups in total. The summed E-state index contributed by atoms with van der Waals surface area (Å²) in [5, 5.41) is 14.6. The Bertz CT molecular complexity index is 659. The number of aliphatic hydroxyl groups is 1. The number of benzene rings is 2. The summed E-state index contributed by atoms with van der Waals surface area (Å²) in [5.74, 6) is 0.670. The number of nitrogens with one attached hydrogen (secondary N) is 2. The van der Waals surface area contributed by atoms with Crippen LogP contribution in [0.3, 0.4) is 0 Å². The lowest BCUT2D eigenvalue weighted by atomic mass is 10.1. The Labute approximate surface area is 142 Å². The van der Waals surface area contributed by atoms with Crippen LogP contribution in [0, 0.1) is 0 Å². The van der Waals surface area contributed by atoms with Crippen LogP contribution in [-0.4, -0.2) is 24.4 Å². The van der Waals surface area contributed by atoms with Gasteiger partial charge in [0.25, 0.3) is 0 Å². The summed E-state index contributed by atoms with van der Waals surface area (Å²) in [6.07, 6.45) is 0.940. The first kappa shape index (κ1) is 17.8. The topological polar surface area (TPSA) is 70.6 Å². The summed E-state index contributed by atoms with van der Waals surface area (Å²) in [6, 6.07) is 15.3. The highest BCUT2D eigenvalue weighted by Gasteiger charge is 2.06. The molecule has 0 heterocycles. The molecule has 0 aliphatic rings. The van der Waals surface area contributed by atoms with E-state index in [9.17, 15) is 4.79 Å². The van der Waals surface area contributed by atoms with Crippen LogP contribution < -0.4 is 15.4 Å². The zero-order valence-electron chi connectivity index (χ0n) is 13.9. The highest BCUT2D eigenvalue weighted by molar-refractivity contribution is 5.74. The van der Waals surface area contributed by atoms with Gasteiger partial charge in [-0.25, -0.2) is 4.79 Å². The Morgan fingerprint density at radius 1 is 0.958 bits per heavy atom. The van der Waals surface area contributed by atoms with Gasteiger partial charge in [0.1, 0.15) is 12.4 Å². The fourth-order valence-corrected chi connectivity index (χ4v) is 2.43. The van der Waals surface area contributed by atoms with Crippen molar-refractivity contribution in [2.75, 3.05) is 13.2 Å². The minimum Gasteiger partial charge on any atom is -0.491 e. The van der Waals surface area contributed by atoms with Gasteiger partial charge in [0, 0.05) is 18.7 Å². The average Bonchev–Trinajstić information content (AvgIpc) is 2.63. The minimum absolute atomic E-state index is 0.0426. The zero-order valence-corrected chi connectivity index (χ0v) is 13.9. The maximum atomic E-state index is 12.0. The van der Waals surface area contributed by atoms with Crippen molar-refractivity contribution in [1.82, 2.24) is 10.6 Å². The van der Waals surface area contributed by atoms with Crippen LogP contribution in [0.2, 0.25) is 0 Å². The molecule has 0 aromatic heterocycles. The van der Waals surface area contributed by atoms with Crippen LogP contribution >= 0.6 is 0 Å². The molecule has 5 heteroatoms. The number of carbonyl (C=O) groups is 1. The van der Waals surface area contributed by atoms with Crippen molar-refractivity contribution in [1.29, 1.82) is 0 Å². The van der Waals surface area contributed by atoms with E-state index in [2.05, 4.69) is 23.6 Å². The van der Waals surface area contributed by atoms with Gasteiger partial charge < -0.3 is 20.5 Å². The Kier molecular flexibility index (Phi) is 7.11. The van der Waals surface area contributed by atoms with Gasteiger partial charge >= 0.3 is 6.03 Å². The van der Waals surface area contributed by atoms with Gasteiger partial charge in [0.2, 0.25) is 0 Å². The zero-order chi connectivity index (χ0) is 17.2. The van der Waals surface area contributed by atoms with Crippen molar-refractivity contribution in [3.05, 3.63) is 65.2 Å². The molecule has 0 aliphatic heterocycles. The lowest BCUT2D eigenvalue weighted by Gasteiger charge is -2.13. The van der Waals surface area contributed by atoms with Gasteiger partial charge in [0.05, 0.1) is 6.61 Å². The maximum Gasteiger partial charge on any atom is 0.315 e. The highest BCUT2D eigenvalue weighted by atomic mass is 16.5. The van der Waals surface area contributed by atoms with Crippen molar-refractivity contribution < 1.29 is 14.6 Å². The van der Waals surface area contributed by atoms with Crippen LogP contribution in [0.5, 0.6) is 5.75 Å². The van der Waals surface area contributed by atoms with E-state index in [4.69, 9.17) is 9.84 Å². The van der Waals surface area contributed by atoms with Gasteiger partial charge in [-0.2, -0.15) is 0 Å². The average molecular weight is 328 g/mol. The standard InChI is InChI=1S/C19H24N2O3/c1-2-15-7-3-4-8-16(15)13-20-19(23)21-14-17-9-5-6-10-18(17)24-12-11-22/h3-10,22H,2,11-14H2,1H3,(H2,20,21,23). The number of aryl methyl sites for hydroxylation is 1. The number of carbonyl (C=O) groups excluding carboxylic acids is 1. The summed E-state index contributed by atoms with van der Waals surface area (Å²) in [4.78, 5) is 12.0. The van der Waals surface area contributed by atoms with Crippen molar-refractivity contribution in [2.45, 2.75) is 26.4 Å². The SMILES string of the molecule is CCc1ccccc1CNC(=O)NCc1ccccc1OCCO. The summed E-state index contributed by atoms with van der Waals surface area (Å²) >= 11 is 0. The molecule has 0 bridgehead atoms. The van der Waals surface area contributed by atoms with E-state index in [1.54, 1.807) is 0 Å². The summed E-state index contributed by atoms with van der Waals surface area (Å²) in [5.41, 5.74) is 3.23. The Morgan fingerprint density at radius 3 is 2.21 bits per heavy atom. The summed E-state index contributed by atoms with van der Waals surface area (Å²) in [7, 11) is 0. The molecule has 0 aliphatic carbocycles. The Balaban J connectivity index is 1.85. The number of ether oxygens (including phenoxy) is 1. The molecule has 2 aromatic carbocycles. The number of para-hydroxylation sites is 1. The third-order valence-electron chi connectivity index (χ3n) is 3.70. The van der Waals surface area contributed by atoms with E-state index in [0.29, 0.717) is 18.8 Å². The lowest BCUT2D eigenvalue weighted by molar-refractivity contribution is 0.200. The molecular weight excluding hydrogens is 304 g/mol. The van der Waals surface area contributed by atoms with Crippen LogP contribution in [0.4, 0.5) is 4.79 Å². The molecule has 128 valence electrons. The molecule has 2 amide bonds. The normalized spacial score (nSPS) is 10.2. The molecule has 2 aromatic rings. The summed E-state index contributed by atoms with van der Waals surface area (Å²) in [6.45, 7) is 3.15. The molecule has 0 atom stereocenters. The van der Waals surface area contributed by atoms with E-state index < -0.39 is 0 Å². The van der Waals surface area contributed by atoms with Gasteiger partial charge in [-0.05, 0) is 23.6 Å². The van der Waals surface area contributed by atoms with E-state index in [1.165, 1.54) is 5.56 Å². The van der Waals surface area contributed by atoms with E-state index in [1.807, 2.05) is 42.5 Å². The number of amides is 2. The van der Waals surface area contributed by atoms with Crippen molar-refractivity contribution in [3.8, 4) is 5.75 Å². The van der Waals surface area contributed by atoms with E-state index in [0.717, 1.165) is 17.5 Å². The quantitative estimate of drug-likeness (QED) is 0.697. The van der Waals surface area contributed by atoms with Gasteiger partial charge in [-0.15, -0.1) is 0 Å². The smallest absolute Gasteiger partial charge is 0.315 e. The van der Waals surface area contributed by atoms with Crippen LogP contribution in [0.25, 0.3) is 0 Å². The molecule has 0 radical (unpaired) electrons. The molecule has 0 fully saturated rings. The summed E-state index contributed by atoms with van der Waals surface area (Å²) < 4.78 is 5.46. The molecular formula is C19H24N2O3. The second-order valence-corrected chi connectivity index (χ2v) is 5.34. The predicted molar refractivity (Wildman–Crippen MR) is 93.9 cm³/mol. The molecule has 0 unspecified atom stereocenters. The first-order valence-electron chi connectivity index (χ1n) is 8.14. The first-order chi connectivity index (χ1) is 11.7. The van der Waals surface area contributed by atoms with Crippen LogP contribution in [0.1, 0.15) is 23.6 Å². The van der Waals surface area contributed by atoms with Gasteiger partial charge in [-0.1, -0.05) is 49.4 Å². The second kappa shape index (κ2) is 9.57. The number of hydrogen-bond donors (Lipinski definition) is 3. The number of hydrogen-bond acceptors (Lipinski definition) is 3. The molecule has 0 spiro atoms. The number of rotatable bonds is 8. The van der Waals surface area contributed by atoms with Crippen LogP contribution in [-0.2, 0) is 19.5 Å². The third kappa shape index (κ3) is 5.28. The van der Waals surface area contributed by atoms with Crippen molar-refractivity contribution in [2.24, 2.45) is 0 Å². The van der Waals surface area contributed by atoms with Gasteiger partial charge in [0.15, 0.2) is 0 Å². The maximum absolute atomic E-state index is 12.0. The number of aliphatic hydroxyl groups excluding tert-OH is 1. The Hall–Kier alpha value is -2.53. The monoisotopic (exact) mass is 328 g/mol. The predicted octanol–water partition coefficient (Wildman–Crippen LogP) is 2.62. The Morgan fingerprint density at radius 2 is 1.54 bits per heavy atom. The highest BCUT2D eigenvalue weighted by Crippen LogP contribution is 2.17. The van der Waals surface area contributed by atoms with Gasteiger partial charge in [-0.3, -0.25) is 0 Å². The molecule has 2 rings (SSSR count). The molecule has 24 heavy (non-hydrogen) atoms. The second-order valence-electron chi connectivity index (χ2n) is 5.34. The van der Waals surface area contributed by atoms with Crippen molar-refractivity contribution >= 4 is 6.03 Å².